The third-order valence-electron chi connectivity index (χ3n) is 4.11. The molecular weight excluding hydrogens is 283 g/mol. The number of aliphatic hydroxyl groups excluding tert-OH is 1. The van der Waals surface area contributed by atoms with Crippen LogP contribution in [0, 0.1) is 0 Å². The van der Waals surface area contributed by atoms with E-state index in [2.05, 4.69) is 5.10 Å². The van der Waals surface area contributed by atoms with Crippen LogP contribution in [0.25, 0.3) is 0 Å². The van der Waals surface area contributed by atoms with E-state index in [4.69, 9.17) is 0 Å². The molecule has 1 atom stereocenters. The lowest BCUT2D eigenvalue weighted by Crippen LogP contribution is -2.34. The van der Waals surface area contributed by atoms with Gasteiger partial charge in [-0.1, -0.05) is 0 Å². The molecule has 1 aromatic heterocycles. The minimum atomic E-state index is -4.84. The number of hydrogen-bond donors (Lipinski definition) is 1. The van der Waals surface area contributed by atoms with Crippen LogP contribution in [0.15, 0.2) is 0 Å². The molecule has 20 heavy (non-hydrogen) atoms. The highest BCUT2D eigenvalue weighted by molar-refractivity contribution is 5.35. The van der Waals surface area contributed by atoms with Crippen molar-refractivity contribution in [2.24, 2.45) is 0 Å². The molecule has 8 heteroatoms. The van der Waals surface area contributed by atoms with Crippen LogP contribution in [-0.4, -0.2) is 20.8 Å². The summed E-state index contributed by atoms with van der Waals surface area (Å²) in [6.07, 6.45) is -5.85. The molecule has 1 N–H and O–H groups in total. The summed E-state index contributed by atoms with van der Waals surface area (Å²) in [7, 11) is 0. The van der Waals surface area contributed by atoms with Crippen molar-refractivity contribution in [3.63, 3.8) is 0 Å². The Balaban J connectivity index is 2.14. The molecule has 1 heterocycles. The monoisotopic (exact) mass is 296 g/mol. The maximum Gasteiger partial charge on any atom is 0.435 e. The molecule has 0 aromatic carbocycles. The van der Waals surface area contributed by atoms with Crippen LogP contribution < -0.4 is 0 Å². The molecule has 0 saturated heterocycles. The first-order valence-electron chi connectivity index (χ1n) is 6.46. The Hall–Kier alpha value is -1.18. The van der Waals surface area contributed by atoms with E-state index < -0.39 is 35.9 Å². The lowest BCUT2D eigenvalue weighted by Gasteiger charge is -2.32. The molecule has 3 rings (SSSR count). The van der Waals surface area contributed by atoms with E-state index >= 15 is 0 Å². The first kappa shape index (κ1) is 13.8. The van der Waals surface area contributed by atoms with Gasteiger partial charge in [0.1, 0.15) is 6.10 Å². The van der Waals surface area contributed by atoms with Gasteiger partial charge in [-0.15, -0.1) is 0 Å². The second-order valence-corrected chi connectivity index (χ2v) is 5.40. The Kier molecular flexibility index (Phi) is 2.87. The zero-order valence-corrected chi connectivity index (χ0v) is 10.4. The molecule has 2 aliphatic rings. The average Bonchev–Trinajstić information content (AvgIpc) is 2.61. The summed E-state index contributed by atoms with van der Waals surface area (Å²) in [5.41, 5.74) is -1.99. The molecule has 3 nitrogen and oxygen atoms in total. The number of nitrogens with zero attached hydrogens (tertiary/aromatic N) is 2. The fraction of sp³-hybridized carbons (Fsp3) is 0.750. The molecule has 1 saturated carbocycles. The zero-order valence-electron chi connectivity index (χ0n) is 10.4. The predicted octanol–water partition coefficient (Wildman–Crippen LogP) is 3.24. The van der Waals surface area contributed by atoms with Crippen LogP contribution in [0.4, 0.5) is 22.0 Å². The molecule has 1 fully saturated rings. The van der Waals surface area contributed by atoms with Crippen LogP contribution in [0.1, 0.15) is 54.8 Å². The number of halogens is 5. The van der Waals surface area contributed by atoms with E-state index in [9.17, 15) is 27.1 Å². The van der Waals surface area contributed by atoms with Gasteiger partial charge in [0.15, 0.2) is 5.69 Å². The Bertz CT molecular complexity index is 533. The van der Waals surface area contributed by atoms with E-state index in [1.165, 1.54) is 4.68 Å². The largest absolute Gasteiger partial charge is 0.435 e. The predicted molar refractivity (Wildman–Crippen MR) is 58.3 cm³/mol. The van der Waals surface area contributed by atoms with Crippen molar-refractivity contribution >= 4 is 0 Å². The quantitative estimate of drug-likeness (QED) is 0.808. The SMILES string of the molecule is OC1c2c(C(F)(F)F)nn(C3CCC3)c2CCC1(F)F. The third-order valence-corrected chi connectivity index (χ3v) is 4.11. The van der Waals surface area contributed by atoms with Gasteiger partial charge in [0.2, 0.25) is 0 Å². The Labute approximate surface area is 111 Å². The van der Waals surface area contributed by atoms with Crippen molar-refractivity contribution in [2.75, 3.05) is 0 Å². The van der Waals surface area contributed by atoms with Crippen molar-refractivity contribution in [3.8, 4) is 0 Å². The van der Waals surface area contributed by atoms with Gasteiger partial charge < -0.3 is 5.11 Å². The van der Waals surface area contributed by atoms with E-state index in [1.54, 1.807) is 0 Å². The highest BCUT2D eigenvalue weighted by Gasteiger charge is 2.51. The van der Waals surface area contributed by atoms with Crippen molar-refractivity contribution in [3.05, 3.63) is 17.0 Å². The van der Waals surface area contributed by atoms with Crippen LogP contribution in [0.5, 0.6) is 0 Å². The van der Waals surface area contributed by atoms with Gasteiger partial charge in [0.25, 0.3) is 5.92 Å². The average molecular weight is 296 g/mol. The fourth-order valence-electron chi connectivity index (χ4n) is 2.79. The molecule has 112 valence electrons. The van der Waals surface area contributed by atoms with Gasteiger partial charge in [-0.3, -0.25) is 4.68 Å². The Morgan fingerprint density at radius 3 is 2.40 bits per heavy atom. The van der Waals surface area contributed by atoms with Gasteiger partial charge in [-0.25, -0.2) is 8.78 Å². The molecule has 0 amide bonds. The molecule has 0 radical (unpaired) electrons. The summed E-state index contributed by atoms with van der Waals surface area (Å²) >= 11 is 0. The van der Waals surface area contributed by atoms with Crippen molar-refractivity contribution in [2.45, 2.75) is 56.3 Å². The summed E-state index contributed by atoms with van der Waals surface area (Å²) in [6, 6.07) is -0.168. The molecular formula is C12H13F5N2O. The molecule has 1 unspecified atom stereocenters. The van der Waals surface area contributed by atoms with Gasteiger partial charge in [-0.05, 0) is 25.7 Å². The number of aliphatic hydroxyl groups is 1. The van der Waals surface area contributed by atoms with Crippen molar-refractivity contribution in [1.29, 1.82) is 0 Å². The van der Waals surface area contributed by atoms with Crippen molar-refractivity contribution in [1.82, 2.24) is 9.78 Å². The zero-order chi connectivity index (χ0) is 14.7. The highest BCUT2D eigenvalue weighted by Crippen LogP contribution is 2.48. The third kappa shape index (κ3) is 1.92. The van der Waals surface area contributed by atoms with Gasteiger partial charge in [0.05, 0.1) is 6.04 Å². The van der Waals surface area contributed by atoms with Crippen LogP contribution in [0.3, 0.4) is 0 Å². The number of fused-ring (bicyclic) bond motifs is 1. The van der Waals surface area contributed by atoms with Gasteiger partial charge in [-0.2, -0.15) is 18.3 Å². The van der Waals surface area contributed by atoms with Crippen LogP contribution in [0.2, 0.25) is 0 Å². The normalized spacial score (nSPS) is 26.2. The maximum atomic E-state index is 13.5. The maximum absolute atomic E-state index is 13.5. The molecule has 2 aliphatic carbocycles. The standard InChI is InChI=1S/C12H13F5N2O/c13-11(14)5-4-7-8(10(11)20)9(12(15,16)17)18-19(7)6-2-1-3-6/h6,10,20H,1-5H2. The highest BCUT2D eigenvalue weighted by atomic mass is 19.4. The molecule has 0 spiro atoms. The molecule has 0 bridgehead atoms. The van der Waals surface area contributed by atoms with E-state index in [0.717, 1.165) is 6.42 Å². The Morgan fingerprint density at radius 2 is 1.90 bits per heavy atom. The summed E-state index contributed by atoms with van der Waals surface area (Å²) in [6.45, 7) is 0. The van der Waals surface area contributed by atoms with Gasteiger partial charge in [0, 0.05) is 17.7 Å². The van der Waals surface area contributed by atoms with Crippen LogP contribution >= 0.6 is 0 Å². The van der Waals surface area contributed by atoms with Crippen LogP contribution in [-0.2, 0) is 12.6 Å². The summed E-state index contributed by atoms with van der Waals surface area (Å²) in [4.78, 5) is 0. The Morgan fingerprint density at radius 1 is 1.25 bits per heavy atom. The second kappa shape index (κ2) is 4.16. The molecule has 1 aromatic rings. The van der Waals surface area contributed by atoms with E-state index in [0.29, 0.717) is 12.8 Å². The first-order chi connectivity index (χ1) is 9.22. The van der Waals surface area contributed by atoms with E-state index in [1.807, 2.05) is 0 Å². The molecule has 0 aliphatic heterocycles. The minimum absolute atomic E-state index is 0.112. The number of hydrogen-bond acceptors (Lipinski definition) is 2. The number of rotatable bonds is 1. The lowest BCUT2D eigenvalue weighted by molar-refractivity contribution is -0.150. The summed E-state index contributed by atoms with van der Waals surface area (Å²) in [5.74, 6) is -3.54. The minimum Gasteiger partial charge on any atom is -0.382 e. The second-order valence-electron chi connectivity index (χ2n) is 5.40. The van der Waals surface area contributed by atoms with E-state index in [-0.39, 0.29) is 18.2 Å². The summed E-state index contributed by atoms with van der Waals surface area (Å²) in [5, 5.41) is 13.1. The fourth-order valence-corrected chi connectivity index (χ4v) is 2.79. The lowest BCUT2D eigenvalue weighted by atomic mass is 9.88. The van der Waals surface area contributed by atoms with Crippen molar-refractivity contribution < 1.29 is 27.1 Å². The summed E-state index contributed by atoms with van der Waals surface area (Å²) < 4.78 is 67.1. The number of alkyl halides is 5. The number of aromatic nitrogens is 2. The first-order valence-corrected chi connectivity index (χ1v) is 6.46. The topological polar surface area (TPSA) is 38.1 Å². The van der Waals surface area contributed by atoms with Gasteiger partial charge >= 0.3 is 6.18 Å². The smallest absolute Gasteiger partial charge is 0.382 e.